The molecule has 1 aromatic rings. The number of carbonyl (C=O) groups excluding carboxylic acids is 6. The average Bonchev–Trinajstić information content (AvgIpc) is 3.83. The number of hydrogen-bond donors (Lipinski definition) is 5. The van der Waals surface area contributed by atoms with Crippen LogP contribution in [0.3, 0.4) is 0 Å². The topological polar surface area (TPSA) is 193 Å². The highest BCUT2D eigenvalue weighted by molar-refractivity contribution is 6.37. The fourth-order valence-corrected chi connectivity index (χ4v) is 6.66. The molecule has 1 aliphatic heterocycles. The number of amides is 6. The molecule has 0 radical (unpaired) electrons. The van der Waals surface area contributed by atoms with E-state index < -0.39 is 64.5 Å². The Kier molecular flexibility index (Phi) is 10.1. The number of ketones is 1. The quantitative estimate of drug-likeness (QED) is 0.212. The molecule has 3 aliphatic rings. The molecular formula is C34H51N7O6. The molecule has 258 valence electrons. The third-order valence-electron chi connectivity index (χ3n) is 10.0. The van der Waals surface area contributed by atoms with Crippen LogP contribution in [-0.2, 0) is 19.2 Å². The van der Waals surface area contributed by atoms with Gasteiger partial charge < -0.3 is 31.9 Å². The third-order valence-corrected chi connectivity index (χ3v) is 10.0. The van der Waals surface area contributed by atoms with Gasteiger partial charge in [-0.15, -0.1) is 0 Å². The van der Waals surface area contributed by atoms with Crippen LogP contribution in [0, 0.1) is 34.0 Å². The van der Waals surface area contributed by atoms with E-state index in [1.165, 1.54) is 11.1 Å². The smallest absolute Gasteiger partial charge is 0.315 e. The zero-order valence-electron chi connectivity index (χ0n) is 28.8. The second-order valence-corrected chi connectivity index (χ2v) is 16.1. The molecule has 0 aromatic carbocycles. The van der Waals surface area contributed by atoms with Gasteiger partial charge in [-0.25, -0.2) is 4.79 Å². The van der Waals surface area contributed by atoms with E-state index in [1.807, 2.05) is 55.4 Å². The summed E-state index contributed by atoms with van der Waals surface area (Å²) in [6, 6.07) is 1.01. The molecule has 0 bridgehead atoms. The second kappa shape index (κ2) is 13.2. The number of nitrogens with zero attached hydrogens (tertiary/aromatic N) is 2. The van der Waals surface area contributed by atoms with Crippen LogP contribution in [0.5, 0.6) is 0 Å². The van der Waals surface area contributed by atoms with Gasteiger partial charge in [0, 0.05) is 19.3 Å². The van der Waals surface area contributed by atoms with E-state index in [0.29, 0.717) is 13.0 Å². The van der Waals surface area contributed by atoms with Crippen molar-refractivity contribution in [3.8, 4) is 0 Å². The van der Waals surface area contributed by atoms with Crippen molar-refractivity contribution in [3.63, 3.8) is 0 Å². The van der Waals surface area contributed by atoms with Crippen LogP contribution in [0.4, 0.5) is 4.79 Å². The number of pyridine rings is 1. The highest BCUT2D eigenvalue weighted by atomic mass is 16.2. The number of piperidine rings is 1. The predicted octanol–water partition coefficient (Wildman–Crippen LogP) is 1.76. The number of likely N-dealkylation sites (tertiary alicyclic amines) is 1. The summed E-state index contributed by atoms with van der Waals surface area (Å²) >= 11 is 0. The van der Waals surface area contributed by atoms with Crippen LogP contribution in [0.25, 0.3) is 0 Å². The Morgan fingerprint density at radius 2 is 1.64 bits per heavy atom. The van der Waals surface area contributed by atoms with E-state index in [2.05, 4.69) is 26.3 Å². The first-order chi connectivity index (χ1) is 21.7. The van der Waals surface area contributed by atoms with Crippen LogP contribution in [0.1, 0.15) is 85.1 Å². The van der Waals surface area contributed by atoms with Gasteiger partial charge >= 0.3 is 6.03 Å². The lowest BCUT2D eigenvalue weighted by molar-refractivity contribution is -0.145. The highest BCUT2D eigenvalue weighted by Crippen LogP contribution is 2.65. The molecule has 2 aliphatic carbocycles. The first kappa shape index (κ1) is 35.8. The number of nitrogens with two attached hydrogens (primary N) is 1. The van der Waals surface area contributed by atoms with Crippen molar-refractivity contribution in [1.82, 2.24) is 31.2 Å². The second-order valence-electron chi connectivity index (χ2n) is 16.1. The van der Waals surface area contributed by atoms with E-state index >= 15 is 0 Å². The maximum Gasteiger partial charge on any atom is 0.315 e. The Hall–Kier alpha value is -4.03. The summed E-state index contributed by atoms with van der Waals surface area (Å²) in [6.07, 6.45) is 3.68. The summed E-state index contributed by atoms with van der Waals surface area (Å²) in [4.78, 5) is 84.2. The number of urea groups is 1. The van der Waals surface area contributed by atoms with Crippen molar-refractivity contribution in [2.45, 2.75) is 98.8 Å². The summed E-state index contributed by atoms with van der Waals surface area (Å²) in [7, 11) is 0. The van der Waals surface area contributed by atoms with Gasteiger partial charge in [0.2, 0.25) is 17.6 Å². The van der Waals surface area contributed by atoms with Gasteiger partial charge in [0.15, 0.2) is 0 Å². The molecule has 1 aromatic heterocycles. The van der Waals surface area contributed by atoms with Gasteiger partial charge in [-0.2, -0.15) is 0 Å². The SMILES string of the molecule is CC(C)(C)[C@H](NC(=O)N[C@H](CNC(=O)c1ccccn1)C(C)(C)C)C(=O)N1C[C@H]2[C@@H]([C@H]1C(=O)NC(CC1CC1)C(=O)C(N)=O)C2(C)C. The van der Waals surface area contributed by atoms with E-state index in [-0.39, 0.29) is 41.3 Å². The highest BCUT2D eigenvalue weighted by Gasteiger charge is 2.70. The van der Waals surface area contributed by atoms with E-state index in [1.54, 1.807) is 18.2 Å². The number of primary amides is 1. The number of rotatable bonds is 12. The van der Waals surface area contributed by atoms with E-state index in [0.717, 1.165) is 12.8 Å². The van der Waals surface area contributed by atoms with E-state index in [9.17, 15) is 28.8 Å². The normalized spacial score (nSPS) is 23.4. The minimum absolute atomic E-state index is 0.0679. The summed E-state index contributed by atoms with van der Waals surface area (Å²) in [6.45, 7) is 15.8. The molecule has 4 rings (SSSR count). The standard InChI is InChI=1S/C34H51N7O6/c1-32(2,3)22(16-37-28(44)20-11-9-10-14-36-20)39-31(47)40-26(33(4,5)6)30(46)41-17-19-23(34(19,7)8)24(41)29(45)38-21(15-18-12-13-18)25(42)27(35)43/h9-11,14,18-19,21-24,26H,12-13,15-17H2,1-8H3,(H2,35,43)(H,37,44)(H,38,45)(H2,39,40,47)/t19-,21?,22+,23-,24-,26+/m0/s1. The lowest BCUT2D eigenvalue weighted by Gasteiger charge is -2.38. The molecule has 13 nitrogen and oxygen atoms in total. The average molecular weight is 654 g/mol. The molecule has 6 N–H and O–H groups in total. The van der Waals surface area contributed by atoms with Crippen molar-refractivity contribution < 1.29 is 28.8 Å². The number of Topliss-reactive ketones (excluding diaryl/α,β-unsaturated/α-hetero) is 1. The van der Waals surface area contributed by atoms with Gasteiger partial charge in [-0.05, 0) is 52.6 Å². The molecular weight excluding hydrogens is 602 g/mol. The van der Waals surface area contributed by atoms with Crippen LogP contribution in [0.2, 0.25) is 0 Å². The minimum Gasteiger partial charge on any atom is -0.363 e. The minimum atomic E-state index is -1.10. The van der Waals surface area contributed by atoms with Crippen molar-refractivity contribution in [2.24, 2.45) is 39.7 Å². The van der Waals surface area contributed by atoms with Gasteiger partial charge in [-0.1, -0.05) is 74.3 Å². The monoisotopic (exact) mass is 653 g/mol. The predicted molar refractivity (Wildman–Crippen MR) is 174 cm³/mol. The lowest BCUT2D eigenvalue weighted by atomic mass is 9.85. The maximum absolute atomic E-state index is 14.3. The molecule has 1 unspecified atom stereocenters. The van der Waals surface area contributed by atoms with Gasteiger partial charge in [0.25, 0.3) is 11.8 Å². The summed E-state index contributed by atoms with van der Waals surface area (Å²) in [5.74, 6) is -3.06. The third kappa shape index (κ3) is 8.28. The maximum atomic E-state index is 14.3. The molecule has 1 saturated heterocycles. The Bertz CT molecular complexity index is 1400. The number of nitrogens with one attached hydrogen (secondary N) is 4. The number of carbonyl (C=O) groups is 6. The molecule has 6 atom stereocenters. The van der Waals surface area contributed by atoms with Gasteiger partial charge in [-0.3, -0.25) is 29.0 Å². The summed E-state index contributed by atoms with van der Waals surface area (Å²) in [5.41, 5.74) is 4.16. The van der Waals surface area contributed by atoms with Crippen molar-refractivity contribution in [1.29, 1.82) is 0 Å². The van der Waals surface area contributed by atoms with Crippen LogP contribution < -0.4 is 27.0 Å². The lowest BCUT2D eigenvalue weighted by Crippen LogP contribution is -2.62. The molecule has 2 saturated carbocycles. The molecule has 3 fully saturated rings. The van der Waals surface area contributed by atoms with Gasteiger partial charge in [0.05, 0.1) is 12.1 Å². The van der Waals surface area contributed by atoms with Crippen LogP contribution in [-0.4, -0.2) is 82.6 Å². The first-order valence-electron chi connectivity index (χ1n) is 16.4. The zero-order chi connectivity index (χ0) is 35.1. The molecule has 0 spiro atoms. The number of hydrogen-bond acceptors (Lipinski definition) is 7. The van der Waals surface area contributed by atoms with E-state index in [4.69, 9.17) is 5.73 Å². The Labute approximate surface area is 276 Å². The largest absolute Gasteiger partial charge is 0.363 e. The van der Waals surface area contributed by atoms with Crippen molar-refractivity contribution in [3.05, 3.63) is 30.1 Å². The summed E-state index contributed by atoms with van der Waals surface area (Å²) < 4.78 is 0. The number of fused-ring (bicyclic) bond motifs is 1. The van der Waals surface area contributed by atoms with Crippen molar-refractivity contribution >= 4 is 35.4 Å². The van der Waals surface area contributed by atoms with Crippen molar-refractivity contribution in [2.75, 3.05) is 13.1 Å². The zero-order valence-corrected chi connectivity index (χ0v) is 28.8. The van der Waals surface area contributed by atoms with Gasteiger partial charge in [0.1, 0.15) is 17.8 Å². The van der Waals surface area contributed by atoms with Crippen LogP contribution in [0.15, 0.2) is 24.4 Å². The Morgan fingerprint density at radius 1 is 0.979 bits per heavy atom. The molecule has 47 heavy (non-hydrogen) atoms. The molecule has 13 heteroatoms. The molecule has 2 heterocycles. The Balaban J connectivity index is 1.49. The fraction of sp³-hybridized carbons (Fsp3) is 0.676. The Morgan fingerprint density at radius 3 is 2.17 bits per heavy atom. The summed E-state index contributed by atoms with van der Waals surface area (Å²) in [5, 5.41) is 11.4. The van der Waals surface area contributed by atoms with Crippen LogP contribution >= 0.6 is 0 Å². The molecule has 6 amide bonds. The number of aromatic nitrogens is 1. The first-order valence-corrected chi connectivity index (χ1v) is 16.4. The fourth-order valence-electron chi connectivity index (χ4n) is 6.66.